The summed E-state index contributed by atoms with van der Waals surface area (Å²) in [6.07, 6.45) is 51.5. The van der Waals surface area contributed by atoms with E-state index >= 15 is 0 Å². The molecule has 0 aliphatic carbocycles. The number of carbonyl (C=O) groups is 3. The van der Waals surface area contributed by atoms with Gasteiger partial charge in [-0.3, -0.25) is 14.4 Å². The number of ether oxygens (including phenoxy) is 3. The number of hydrogen-bond donors (Lipinski definition) is 0. The monoisotopic (exact) mass is 803 g/mol. The smallest absolute Gasteiger partial charge is 0.306 e. The van der Waals surface area contributed by atoms with E-state index in [1.807, 2.05) is 0 Å². The van der Waals surface area contributed by atoms with E-state index in [-0.39, 0.29) is 31.1 Å². The van der Waals surface area contributed by atoms with Gasteiger partial charge >= 0.3 is 17.9 Å². The first-order valence-electron chi connectivity index (χ1n) is 24.8. The molecule has 0 bridgehead atoms. The van der Waals surface area contributed by atoms with Crippen molar-refractivity contribution in [1.82, 2.24) is 0 Å². The van der Waals surface area contributed by atoms with Crippen molar-refractivity contribution in [2.24, 2.45) is 0 Å². The molecular weight excluding hydrogens is 709 g/mol. The SMILES string of the molecule is CCCCCC/C=C/CCCCCCCCCC(=O)OC[C@@H](COC(=O)CCCCCCCCCCCCC)OC(=O)CCCCCCC/C=C/CCCCCC. The van der Waals surface area contributed by atoms with Crippen molar-refractivity contribution in [3.05, 3.63) is 24.3 Å². The lowest BCUT2D eigenvalue weighted by Gasteiger charge is -2.18. The zero-order chi connectivity index (χ0) is 41.5. The maximum absolute atomic E-state index is 12.7. The predicted octanol–water partition coefficient (Wildman–Crippen LogP) is 16.0. The van der Waals surface area contributed by atoms with Crippen molar-refractivity contribution in [2.75, 3.05) is 13.2 Å². The first-order valence-corrected chi connectivity index (χ1v) is 24.8. The molecule has 334 valence electrons. The number of carbonyl (C=O) groups excluding carboxylic acids is 3. The van der Waals surface area contributed by atoms with Crippen LogP contribution in [0.2, 0.25) is 0 Å². The van der Waals surface area contributed by atoms with Gasteiger partial charge in [0, 0.05) is 19.3 Å². The maximum Gasteiger partial charge on any atom is 0.306 e. The summed E-state index contributed by atoms with van der Waals surface area (Å²) in [5, 5.41) is 0. The molecule has 0 rings (SSSR count). The topological polar surface area (TPSA) is 78.9 Å². The first-order chi connectivity index (χ1) is 28.0. The first kappa shape index (κ1) is 54.9. The second-order valence-electron chi connectivity index (χ2n) is 16.7. The van der Waals surface area contributed by atoms with Crippen molar-refractivity contribution >= 4 is 17.9 Å². The average Bonchev–Trinajstić information content (AvgIpc) is 3.21. The van der Waals surface area contributed by atoms with E-state index < -0.39 is 6.10 Å². The number of unbranched alkanes of at least 4 members (excludes halogenated alkanes) is 30. The number of esters is 3. The van der Waals surface area contributed by atoms with Crippen LogP contribution in [0.15, 0.2) is 24.3 Å². The second-order valence-corrected chi connectivity index (χ2v) is 16.7. The fourth-order valence-corrected chi connectivity index (χ4v) is 7.14. The summed E-state index contributed by atoms with van der Waals surface area (Å²) in [5.74, 6) is -0.878. The lowest BCUT2D eigenvalue weighted by Crippen LogP contribution is -2.30. The third-order valence-corrected chi connectivity index (χ3v) is 10.9. The molecule has 0 spiro atoms. The van der Waals surface area contributed by atoms with Gasteiger partial charge in [-0.25, -0.2) is 0 Å². The zero-order valence-electron chi connectivity index (χ0n) is 38.1. The lowest BCUT2D eigenvalue weighted by atomic mass is 10.1. The highest BCUT2D eigenvalue weighted by Gasteiger charge is 2.19. The minimum Gasteiger partial charge on any atom is -0.462 e. The normalized spacial score (nSPS) is 12.1. The van der Waals surface area contributed by atoms with Gasteiger partial charge in [-0.15, -0.1) is 0 Å². The van der Waals surface area contributed by atoms with Gasteiger partial charge in [-0.1, -0.05) is 199 Å². The maximum atomic E-state index is 12.7. The molecule has 0 fully saturated rings. The summed E-state index contributed by atoms with van der Waals surface area (Å²) in [6, 6.07) is 0. The van der Waals surface area contributed by atoms with E-state index in [2.05, 4.69) is 45.1 Å². The van der Waals surface area contributed by atoms with E-state index in [4.69, 9.17) is 14.2 Å². The van der Waals surface area contributed by atoms with Gasteiger partial charge in [0.2, 0.25) is 0 Å². The predicted molar refractivity (Wildman–Crippen MR) is 243 cm³/mol. The van der Waals surface area contributed by atoms with Gasteiger partial charge in [0.15, 0.2) is 6.10 Å². The minimum atomic E-state index is -0.771. The molecule has 0 aliphatic rings. The minimum absolute atomic E-state index is 0.0727. The largest absolute Gasteiger partial charge is 0.462 e. The fourth-order valence-electron chi connectivity index (χ4n) is 7.14. The van der Waals surface area contributed by atoms with E-state index in [0.29, 0.717) is 19.3 Å². The number of allylic oxidation sites excluding steroid dienone is 4. The zero-order valence-corrected chi connectivity index (χ0v) is 38.1. The quantitative estimate of drug-likeness (QED) is 0.0264. The van der Waals surface area contributed by atoms with Gasteiger partial charge in [0.1, 0.15) is 13.2 Å². The summed E-state index contributed by atoms with van der Waals surface area (Å²) in [4.78, 5) is 37.8. The Morgan fingerprint density at radius 3 is 0.895 bits per heavy atom. The molecule has 0 amide bonds. The Kier molecular flexibility index (Phi) is 44.9. The van der Waals surface area contributed by atoms with Crippen LogP contribution in [-0.4, -0.2) is 37.2 Å². The van der Waals surface area contributed by atoms with Crippen molar-refractivity contribution in [2.45, 2.75) is 271 Å². The van der Waals surface area contributed by atoms with Crippen molar-refractivity contribution < 1.29 is 28.6 Å². The van der Waals surface area contributed by atoms with E-state index in [0.717, 1.165) is 64.2 Å². The second kappa shape index (κ2) is 46.6. The molecule has 0 aromatic heterocycles. The van der Waals surface area contributed by atoms with Crippen LogP contribution in [0.1, 0.15) is 265 Å². The molecule has 0 heterocycles. The molecular formula is C51H94O6. The van der Waals surface area contributed by atoms with E-state index in [9.17, 15) is 14.4 Å². The van der Waals surface area contributed by atoms with Crippen LogP contribution in [0.4, 0.5) is 0 Å². The highest BCUT2D eigenvalue weighted by molar-refractivity contribution is 5.71. The molecule has 57 heavy (non-hydrogen) atoms. The summed E-state index contributed by atoms with van der Waals surface area (Å²) in [6.45, 7) is 6.61. The van der Waals surface area contributed by atoms with Gasteiger partial charge in [0.05, 0.1) is 0 Å². The van der Waals surface area contributed by atoms with Crippen LogP contribution in [0, 0.1) is 0 Å². The Hall–Kier alpha value is -2.11. The molecule has 1 atom stereocenters. The molecule has 0 saturated carbocycles. The molecule has 0 aliphatic heterocycles. The van der Waals surface area contributed by atoms with Crippen LogP contribution in [-0.2, 0) is 28.6 Å². The molecule has 0 radical (unpaired) electrons. The summed E-state index contributed by atoms with van der Waals surface area (Å²) >= 11 is 0. The van der Waals surface area contributed by atoms with Gasteiger partial charge < -0.3 is 14.2 Å². The molecule has 0 saturated heterocycles. The van der Waals surface area contributed by atoms with Gasteiger partial charge in [0.25, 0.3) is 0 Å². The average molecular weight is 803 g/mol. The van der Waals surface area contributed by atoms with E-state index in [1.54, 1.807) is 0 Å². The molecule has 6 heteroatoms. The van der Waals surface area contributed by atoms with Gasteiger partial charge in [-0.2, -0.15) is 0 Å². The summed E-state index contributed by atoms with van der Waals surface area (Å²) in [7, 11) is 0. The van der Waals surface area contributed by atoms with Crippen molar-refractivity contribution in [1.29, 1.82) is 0 Å². The molecule has 6 nitrogen and oxygen atoms in total. The Balaban J connectivity index is 4.35. The van der Waals surface area contributed by atoms with Crippen LogP contribution < -0.4 is 0 Å². The third kappa shape index (κ3) is 44.8. The third-order valence-electron chi connectivity index (χ3n) is 10.9. The summed E-state index contributed by atoms with van der Waals surface area (Å²) < 4.78 is 16.8. The van der Waals surface area contributed by atoms with Crippen LogP contribution in [0.25, 0.3) is 0 Å². The number of hydrogen-bond acceptors (Lipinski definition) is 6. The lowest BCUT2D eigenvalue weighted by molar-refractivity contribution is -0.167. The Labute approximate surface area is 353 Å². The van der Waals surface area contributed by atoms with Crippen LogP contribution in [0.3, 0.4) is 0 Å². The van der Waals surface area contributed by atoms with Crippen LogP contribution in [0.5, 0.6) is 0 Å². The Bertz CT molecular complexity index is 927. The van der Waals surface area contributed by atoms with Crippen molar-refractivity contribution in [3.8, 4) is 0 Å². The highest BCUT2D eigenvalue weighted by atomic mass is 16.6. The van der Waals surface area contributed by atoms with E-state index in [1.165, 1.54) is 161 Å². The molecule has 0 aromatic rings. The number of rotatable bonds is 45. The highest BCUT2D eigenvalue weighted by Crippen LogP contribution is 2.15. The van der Waals surface area contributed by atoms with Gasteiger partial charge in [-0.05, 0) is 70.6 Å². The molecule has 0 aromatic carbocycles. The standard InChI is InChI=1S/C51H94O6/c1-4-7-10-13-16-19-22-24-25-27-29-32-35-38-41-44-50(53)56-47-48(46-55-49(52)43-40-37-34-31-28-21-18-15-12-9-6-3)57-51(54)45-42-39-36-33-30-26-23-20-17-14-11-8-5-2/h19-20,22-23,48H,4-18,21,24-47H2,1-3H3/b22-19+,23-20+/t48-/m1/s1. The Morgan fingerprint density at radius 2 is 0.579 bits per heavy atom. The fraction of sp³-hybridized carbons (Fsp3) is 0.863. The Morgan fingerprint density at radius 1 is 0.333 bits per heavy atom. The summed E-state index contributed by atoms with van der Waals surface area (Å²) in [5.41, 5.74) is 0. The van der Waals surface area contributed by atoms with Crippen LogP contribution >= 0.6 is 0 Å². The van der Waals surface area contributed by atoms with Crippen molar-refractivity contribution in [3.63, 3.8) is 0 Å². The molecule has 0 N–H and O–H groups in total. The molecule has 0 unspecified atom stereocenters.